The second kappa shape index (κ2) is 7.64. The van der Waals surface area contributed by atoms with Crippen LogP contribution in [-0.2, 0) is 4.79 Å². The van der Waals surface area contributed by atoms with Gasteiger partial charge in [-0.15, -0.1) is 0 Å². The number of imidazole rings is 1. The third-order valence-electron chi connectivity index (χ3n) is 4.10. The number of H-pyrrole nitrogens is 1. The molecule has 3 rings (SSSR count). The number of benzene rings is 2. The molecule has 6 nitrogen and oxygen atoms in total. The lowest BCUT2D eigenvalue weighted by atomic mass is 10.1. The van der Waals surface area contributed by atoms with Crippen molar-refractivity contribution in [1.29, 1.82) is 5.26 Å². The Labute approximate surface area is 164 Å². The first kappa shape index (κ1) is 18.7. The van der Waals surface area contributed by atoms with Gasteiger partial charge >= 0.3 is 5.97 Å². The normalized spacial score (nSPS) is 11.4. The lowest BCUT2D eigenvalue weighted by Gasteiger charge is -2.08. The Kier molecular flexibility index (Phi) is 5.28. The van der Waals surface area contributed by atoms with Crippen molar-refractivity contribution in [3.8, 4) is 11.8 Å². The number of carboxylic acid groups (broad SMARTS) is 1. The number of halogens is 1. The van der Waals surface area contributed by atoms with E-state index in [1.165, 1.54) is 0 Å². The summed E-state index contributed by atoms with van der Waals surface area (Å²) in [5, 5.41) is 18.5. The summed E-state index contributed by atoms with van der Waals surface area (Å²) in [7, 11) is 0. The zero-order valence-electron chi connectivity index (χ0n) is 14.7. The van der Waals surface area contributed by atoms with E-state index in [0.717, 1.165) is 26.6 Å². The molecule has 27 heavy (non-hydrogen) atoms. The molecular weight excluding hydrogens is 410 g/mol. The molecule has 0 aliphatic carbocycles. The molecule has 0 radical (unpaired) electrons. The molecule has 0 saturated heterocycles. The molecule has 7 heteroatoms. The number of nitrogens with zero attached hydrogens (tertiary/aromatic N) is 2. The van der Waals surface area contributed by atoms with Gasteiger partial charge in [-0.3, -0.25) is 0 Å². The third-order valence-corrected chi connectivity index (χ3v) is 4.59. The Hall–Kier alpha value is -3.11. The van der Waals surface area contributed by atoms with Crippen LogP contribution in [0.1, 0.15) is 22.5 Å². The van der Waals surface area contributed by atoms with Crippen LogP contribution >= 0.6 is 15.9 Å². The van der Waals surface area contributed by atoms with Crippen molar-refractivity contribution >= 4 is 44.6 Å². The topological polar surface area (TPSA) is 99.0 Å². The smallest absolute Gasteiger partial charge is 0.341 e. The molecule has 0 unspecified atom stereocenters. The van der Waals surface area contributed by atoms with Crippen LogP contribution in [0.5, 0.6) is 5.75 Å². The van der Waals surface area contributed by atoms with Gasteiger partial charge in [0, 0.05) is 10.0 Å². The highest BCUT2D eigenvalue weighted by Gasteiger charge is 2.12. The standard InChI is InChI=1S/C20H16BrN3O3/c1-11-5-16-17(6-12(11)2)24-20(23-16)14(9-22)7-13-8-15(21)3-4-18(13)27-10-19(25)26/h3-8H,10H2,1-2H3,(H,23,24)(H,25,26)/b14-7+. The average Bonchev–Trinajstić information content (AvgIpc) is 3.01. The van der Waals surface area contributed by atoms with Gasteiger partial charge in [0.1, 0.15) is 17.6 Å². The van der Waals surface area contributed by atoms with E-state index in [1.54, 1.807) is 24.3 Å². The van der Waals surface area contributed by atoms with Crippen LogP contribution in [0.15, 0.2) is 34.8 Å². The first-order chi connectivity index (χ1) is 12.9. The van der Waals surface area contributed by atoms with Crippen LogP contribution in [0.3, 0.4) is 0 Å². The maximum absolute atomic E-state index is 10.8. The van der Waals surface area contributed by atoms with E-state index in [2.05, 4.69) is 32.0 Å². The van der Waals surface area contributed by atoms with E-state index < -0.39 is 12.6 Å². The summed E-state index contributed by atoms with van der Waals surface area (Å²) >= 11 is 3.38. The number of hydrogen-bond acceptors (Lipinski definition) is 4. The lowest BCUT2D eigenvalue weighted by molar-refractivity contribution is -0.139. The van der Waals surface area contributed by atoms with Gasteiger partial charge in [-0.1, -0.05) is 15.9 Å². The van der Waals surface area contributed by atoms with Gasteiger partial charge in [0.15, 0.2) is 6.61 Å². The molecule has 3 aromatic rings. The van der Waals surface area contributed by atoms with Crippen LogP contribution in [0.25, 0.3) is 22.7 Å². The quantitative estimate of drug-likeness (QED) is 0.587. The van der Waals surface area contributed by atoms with Gasteiger partial charge in [0.05, 0.1) is 16.6 Å². The minimum absolute atomic E-state index is 0.319. The van der Waals surface area contributed by atoms with Gasteiger partial charge in [-0.05, 0) is 61.4 Å². The summed E-state index contributed by atoms with van der Waals surface area (Å²) in [4.78, 5) is 18.5. The van der Waals surface area contributed by atoms with Crippen molar-refractivity contribution in [3.63, 3.8) is 0 Å². The largest absolute Gasteiger partial charge is 0.481 e. The number of rotatable bonds is 5. The predicted molar refractivity (Wildman–Crippen MR) is 106 cm³/mol. The maximum Gasteiger partial charge on any atom is 0.341 e. The monoisotopic (exact) mass is 425 g/mol. The molecule has 2 aromatic carbocycles. The second-order valence-corrected chi connectivity index (χ2v) is 6.99. The number of ether oxygens (including phenoxy) is 1. The number of allylic oxidation sites excluding steroid dienone is 1. The van der Waals surface area contributed by atoms with Crippen molar-refractivity contribution in [1.82, 2.24) is 9.97 Å². The zero-order valence-corrected chi connectivity index (χ0v) is 16.3. The van der Waals surface area contributed by atoms with Gasteiger partial charge in [0.25, 0.3) is 0 Å². The SMILES string of the molecule is Cc1cc2nc(/C(C#N)=C/c3cc(Br)ccc3OCC(=O)O)[nH]c2cc1C. The Morgan fingerprint density at radius 1 is 1.33 bits per heavy atom. The summed E-state index contributed by atoms with van der Waals surface area (Å²) in [6.45, 7) is 3.56. The van der Waals surface area contributed by atoms with Crippen molar-refractivity contribution in [2.45, 2.75) is 13.8 Å². The number of aryl methyl sites for hydroxylation is 2. The molecule has 0 atom stereocenters. The van der Waals surface area contributed by atoms with Gasteiger partial charge < -0.3 is 14.8 Å². The van der Waals surface area contributed by atoms with Crippen LogP contribution in [0, 0.1) is 25.2 Å². The Balaban J connectivity index is 2.05. The Morgan fingerprint density at radius 2 is 2.07 bits per heavy atom. The van der Waals surface area contributed by atoms with Crippen molar-refractivity contribution in [3.05, 3.63) is 57.3 Å². The highest BCUT2D eigenvalue weighted by Crippen LogP contribution is 2.28. The fraction of sp³-hybridized carbons (Fsp3) is 0.150. The van der Waals surface area contributed by atoms with Crippen LogP contribution in [0.4, 0.5) is 0 Å². The highest BCUT2D eigenvalue weighted by atomic mass is 79.9. The Morgan fingerprint density at radius 3 is 2.78 bits per heavy atom. The summed E-state index contributed by atoms with van der Waals surface area (Å²) in [5.74, 6) is -0.255. The van der Waals surface area contributed by atoms with Crippen LogP contribution in [-0.4, -0.2) is 27.7 Å². The van der Waals surface area contributed by atoms with Gasteiger partial charge in [-0.25, -0.2) is 9.78 Å². The van der Waals surface area contributed by atoms with Crippen molar-refractivity contribution in [2.75, 3.05) is 6.61 Å². The molecule has 0 amide bonds. The molecule has 2 N–H and O–H groups in total. The molecule has 0 aliphatic heterocycles. The minimum atomic E-state index is -1.07. The second-order valence-electron chi connectivity index (χ2n) is 6.07. The van der Waals surface area contributed by atoms with E-state index in [4.69, 9.17) is 9.84 Å². The van der Waals surface area contributed by atoms with E-state index in [9.17, 15) is 10.1 Å². The molecule has 1 heterocycles. The highest BCUT2D eigenvalue weighted by molar-refractivity contribution is 9.10. The summed E-state index contributed by atoms with van der Waals surface area (Å²) in [5.41, 5.74) is 4.79. The van der Waals surface area contributed by atoms with Crippen molar-refractivity contribution in [2.24, 2.45) is 0 Å². The number of nitriles is 1. The molecular formula is C20H16BrN3O3. The number of carbonyl (C=O) groups is 1. The van der Waals surface area contributed by atoms with E-state index in [0.29, 0.717) is 22.7 Å². The van der Waals surface area contributed by atoms with Crippen molar-refractivity contribution < 1.29 is 14.6 Å². The van der Waals surface area contributed by atoms with E-state index in [1.807, 2.05) is 26.0 Å². The maximum atomic E-state index is 10.8. The third kappa shape index (κ3) is 4.18. The number of nitrogens with one attached hydrogen (secondary N) is 1. The average molecular weight is 426 g/mol. The molecule has 0 spiro atoms. The molecule has 0 fully saturated rings. The molecule has 0 bridgehead atoms. The minimum Gasteiger partial charge on any atom is -0.481 e. The number of fused-ring (bicyclic) bond motifs is 1. The number of hydrogen-bond donors (Lipinski definition) is 2. The fourth-order valence-corrected chi connectivity index (χ4v) is 2.99. The molecule has 0 saturated carbocycles. The fourth-order valence-electron chi connectivity index (χ4n) is 2.61. The summed E-state index contributed by atoms with van der Waals surface area (Å²) < 4.78 is 6.10. The Bertz CT molecular complexity index is 1070. The number of aromatic nitrogens is 2. The summed E-state index contributed by atoms with van der Waals surface area (Å²) in [6, 6.07) is 11.3. The first-order valence-electron chi connectivity index (χ1n) is 8.10. The zero-order chi connectivity index (χ0) is 19.6. The van der Waals surface area contributed by atoms with Crippen LogP contribution < -0.4 is 4.74 Å². The number of aromatic amines is 1. The molecule has 0 aliphatic rings. The number of carboxylic acids is 1. The predicted octanol–water partition coefficient (Wildman–Crippen LogP) is 4.47. The van der Waals surface area contributed by atoms with Gasteiger partial charge in [-0.2, -0.15) is 5.26 Å². The summed E-state index contributed by atoms with van der Waals surface area (Å²) in [6.07, 6.45) is 1.62. The van der Waals surface area contributed by atoms with E-state index in [-0.39, 0.29) is 0 Å². The molecule has 1 aromatic heterocycles. The number of aliphatic carboxylic acids is 1. The molecule has 136 valence electrons. The van der Waals surface area contributed by atoms with Crippen LogP contribution in [0.2, 0.25) is 0 Å². The van der Waals surface area contributed by atoms with Gasteiger partial charge in [0.2, 0.25) is 0 Å². The van der Waals surface area contributed by atoms with E-state index >= 15 is 0 Å². The lowest BCUT2D eigenvalue weighted by Crippen LogP contribution is -2.10. The first-order valence-corrected chi connectivity index (χ1v) is 8.90.